The first-order chi connectivity index (χ1) is 36.3. The maximum atomic E-state index is 14.4. The third-order valence-electron chi connectivity index (χ3n) is 12.3. The smallest absolute Gasteiger partial charge is 0.326 e. The van der Waals surface area contributed by atoms with Crippen LogP contribution in [-0.4, -0.2) is 163 Å². The van der Waals surface area contributed by atoms with Crippen LogP contribution in [0.25, 0.3) is 21.8 Å². The van der Waals surface area contributed by atoms with Gasteiger partial charge >= 0.3 is 11.9 Å². The molecule has 77 heavy (non-hydrogen) atoms. The number of H-pyrrole nitrogens is 2. The second kappa shape index (κ2) is 28.5. The van der Waals surface area contributed by atoms with Crippen LogP contribution >= 0.6 is 0 Å². The summed E-state index contributed by atoms with van der Waals surface area (Å²) in [6.45, 7) is 6.13. The molecule has 18 N–H and O–H groups in total. The van der Waals surface area contributed by atoms with Gasteiger partial charge in [-0.15, -0.1) is 0 Å². The van der Waals surface area contributed by atoms with Crippen LogP contribution in [0.2, 0.25) is 0 Å². The number of aromatic amines is 2. The van der Waals surface area contributed by atoms with E-state index in [0.717, 1.165) is 0 Å². The highest BCUT2D eigenvalue weighted by molar-refractivity contribution is 5.99. The minimum absolute atomic E-state index is 0.0126. The molecule has 0 radical (unpaired) electrons. The van der Waals surface area contributed by atoms with Crippen molar-refractivity contribution in [2.45, 2.75) is 134 Å². The van der Waals surface area contributed by atoms with E-state index < -0.39 is 139 Å². The van der Waals surface area contributed by atoms with E-state index in [1.165, 1.54) is 20.8 Å². The molecule has 0 saturated carbocycles. The molecule has 0 bridgehead atoms. The number of benzene rings is 2. The van der Waals surface area contributed by atoms with Crippen molar-refractivity contribution in [3.63, 3.8) is 0 Å². The third kappa shape index (κ3) is 18.1. The minimum Gasteiger partial charge on any atom is -0.481 e. The molecular formula is C50H68N12O15. The molecule has 0 aliphatic heterocycles. The molecule has 27 nitrogen and oxygen atoms in total. The fourth-order valence-electron chi connectivity index (χ4n) is 7.94. The Morgan fingerprint density at radius 1 is 0.532 bits per heavy atom. The van der Waals surface area contributed by atoms with Gasteiger partial charge in [0.05, 0.1) is 19.1 Å². The van der Waals surface area contributed by atoms with Gasteiger partial charge in [-0.2, -0.15) is 0 Å². The summed E-state index contributed by atoms with van der Waals surface area (Å²) in [4.78, 5) is 151. The quantitative estimate of drug-likeness (QED) is 0.0246. The van der Waals surface area contributed by atoms with Gasteiger partial charge in [-0.25, -0.2) is 4.79 Å². The largest absolute Gasteiger partial charge is 0.481 e. The Labute approximate surface area is 441 Å². The Kier molecular flexibility index (Phi) is 22.6. The van der Waals surface area contributed by atoms with Gasteiger partial charge < -0.3 is 84.4 Å². The fourth-order valence-corrected chi connectivity index (χ4v) is 7.94. The predicted octanol–water partition coefficient (Wildman–Crippen LogP) is -3.08. The van der Waals surface area contributed by atoms with Crippen LogP contribution in [0.1, 0.15) is 71.4 Å². The van der Waals surface area contributed by atoms with E-state index >= 15 is 0 Å². The highest BCUT2D eigenvalue weighted by Crippen LogP contribution is 2.21. The molecule has 27 heteroatoms. The van der Waals surface area contributed by atoms with Crippen LogP contribution in [0.15, 0.2) is 60.9 Å². The molecule has 2 heterocycles. The molecule has 0 saturated heterocycles. The van der Waals surface area contributed by atoms with Crippen molar-refractivity contribution in [3.05, 3.63) is 72.1 Å². The number of nitrogens with one attached hydrogen (secondary N) is 10. The van der Waals surface area contributed by atoms with Crippen molar-refractivity contribution >= 4 is 86.9 Å². The van der Waals surface area contributed by atoms with E-state index in [4.69, 9.17) is 11.5 Å². The summed E-state index contributed by atoms with van der Waals surface area (Å²) in [6, 6.07) is -0.0191. The number of fused-ring (bicyclic) bond motifs is 2. The second-order valence-electron chi connectivity index (χ2n) is 19.0. The highest BCUT2D eigenvalue weighted by Gasteiger charge is 2.36. The number of carbonyl (C=O) groups is 11. The number of hydrogen-bond donors (Lipinski definition) is 16. The number of aliphatic carboxylic acids is 2. The van der Waals surface area contributed by atoms with Crippen LogP contribution in [-0.2, 0) is 65.6 Å². The highest BCUT2D eigenvalue weighted by atomic mass is 16.4. The lowest BCUT2D eigenvalue weighted by molar-refractivity contribution is -0.143. The number of aliphatic hydroxyl groups excluding tert-OH is 2. The zero-order valence-corrected chi connectivity index (χ0v) is 43.0. The second-order valence-corrected chi connectivity index (χ2v) is 19.0. The number of amides is 9. The molecule has 2 aromatic carbocycles. The van der Waals surface area contributed by atoms with Crippen molar-refractivity contribution in [2.75, 3.05) is 6.61 Å². The van der Waals surface area contributed by atoms with Crippen molar-refractivity contribution in [1.29, 1.82) is 0 Å². The van der Waals surface area contributed by atoms with Gasteiger partial charge in [-0.3, -0.25) is 47.9 Å². The molecule has 0 aliphatic rings. The normalized spacial score (nSPS) is 15.2. The van der Waals surface area contributed by atoms with E-state index in [2.05, 4.69) is 52.5 Å². The maximum Gasteiger partial charge on any atom is 0.326 e. The van der Waals surface area contributed by atoms with E-state index in [1.807, 2.05) is 0 Å². The number of aromatic nitrogens is 2. The van der Waals surface area contributed by atoms with Crippen LogP contribution in [0.4, 0.5) is 0 Å². The average molecular weight is 1080 g/mol. The zero-order valence-electron chi connectivity index (χ0n) is 43.0. The van der Waals surface area contributed by atoms with Gasteiger partial charge in [0.25, 0.3) is 0 Å². The lowest BCUT2D eigenvalue weighted by atomic mass is 10.00. The number of primary amides is 1. The Balaban J connectivity index is 1.61. The molecule has 9 amide bonds. The number of rotatable bonds is 30. The number of nitrogens with two attached hydrogens (primary N) is 2. The Morgan fingerprint density at radius 2 is 0.935 bits per heavy atom. The third-order valence-corrected chi connectivity index (χ3v) is 12.3. The van der Waals surface area contributed by atoms with Crippen molar-refractivity contribution < 1.29 is 73.2 Å². The van der Waals surface area contributed by atoms with E-state index in [-0.39, 0.29) is 38.0 Å². The monoisotopic (exact) mass is 1080 g/mol. The van der Waals surface area contributed by atoms with Crippen LogP contribution in [0.5, 0.6) is 0 Å². The molecule has 4 rings (SSSR count). The van der Waals surface area contributed by atoms with E-state index in [1.54, 1.807) is 74.8 Å². The van der Waals surface area contributed by atoms with Gasteiger partial charge in [0.1, 0.15) is 54.4 Å². The molecule has 0 fully saturated rings. The minimum atomic E-state index is -1.88. The number of carboxylic acid groups (broad SMARTS) is 2. The summed E-state index contributed by atoms with van der Waals surface area (Å²) in [5.41, 5.74) is 13.1. The first-order valence-electron chi connectivity index (χ1n) is 24.6. The standard InChI is InChI=1S/C50H68N12O15/c1-23(2)16-34(44(70)57-33(50(76)77)14-15-39(51)65)59-45(71)35(17-27-20-53-31-12-8-6-10-29(27)31)61-48(74)38(22-63)62-46(72)36(18-28-21-54-32-13-9-7-11-30(28)32)60-47(73)37(19-40(66)67)58-43(69)25(4)55-42(68)24(3)56-49(75)41(52)26(5)64/h6-13,20-21,23-26,33-38,41,53-54,63-64H,14-19,22,52H2,1-5H3,(H2,51,65)(H,55,68)(H,56,75)(H,57,70)(H,58,69)(H,59,71)(H,60,73)(H,61,74)(H,62,72)(H,66,67)(H,76,77). The first-order valence-corrected chi connectivity index (χ1v) is 24.6. The first kappa shape index (κ1) is 61.1. The lowest BCUT2D eigenvalue weighted by Gasteiger charge is -2.27. The number of para-hydroxylation sites is 2. The topological polar surface area (TPSA) is 449 Å². The van der Waals surface area contributed by atoms with Crippen molar-refractivity contribution in [2.24, 2.45) is 17.4 Å². The average Bonchev–Trinajstić information content (AvgIpc) is 3.98. The number of carbonyl (C=O) groups excluding carboxylic acids is 9. The molecule has 418 valence electrons. The summed E-state index contributed by atoms with van der Waals surface area (Å²) in [7, 11) is 0. The van der Waals surface area contributed by atoms with Gasteiger partial charge in [0.2, 0.25) is 53.2 Å². The molecule has 10 atom stereocenters. The fraction of sp³-hybridized carbons (Fsp3) is 0.460. The zero-order chi connectivity index (χ0) is 57.3. The van der Waals surface area contributed by atoms with Crippen LogP contribution < -0.4 is 54.0 Å². The summed E-state index contributed by atoms with van der Waals surface area (Å²) in [6.07, 6.45) is -0.414. The van der Waals surface area contributed by atoms with Gasteiger partial charge in [0.15, 0.2) is 0 Å². The van der Waals surface area contributed by atoms with Gasteiger partial charge in [0, 0.05) is 53.5 Å². The Hall–Kier alpha value is -8.43. The molecule has 0 aliphatic carbocycles. The van der Waals surface area contributed by atoms with Gasteiger partial charge in [-0.05, 0) is 62.8 Å². The van der Waals surface area contributed by atoms with Gasteiger partial charge in [-0.1, -0.05) is 50.2 Å². The molecule has 2 aromatic heterocycles. The molecule has 4 aromatic rings. The van der Waals surface area contributed by atoms with E-state index in [0.29, 0.717) is 32.9 Å². The Bertz CT molecular complexity index is 2790. The number of hydrogen-bond acceptors (Lipinski definition) is 14. The number of aliphatic hydroxyl groups is 2. The predicted molar refractivity (Wildman–Crippen MR) is 275 cm³/mol. The van der Waals surface area contributed by atoms with Crippen LogP contribution in [0.3, 0.4) is 0 Å². The summed E-state index contributed by atoms with van der Waals surface area (Å²) >= 11 is 0. The molecular weight excluding hydrogens is 1010 g/mol. The number of carboxylic acids is 2. The summed E-state index contributed by atoms with van der Waals surface area (Å²) < 4.78 is 0. The SMILES string of the molecule is CC(C)CC(NC(=O)C(Cc1c[nH]c2ccccc12)NC(=O)C(CO)NC(=O)C(Cc1c[nH]c2ccccc12)NC(=O)C(CC(=O)O)NC(=O)C(C)NC(=O)C(C)NC(=O)C(N)C(C)O)C(=O)NC(CCC(N)=O)C(=O)O. The lowest BCUT2D eigenvalue weighted by Crippen LogP contribution is -2.61. The van der Waals surface area contributed by atoms with Crippen molar-refractivity contribution in [3.8, 4) is 0 Å². The Morgan fingerprint density at radius 3 is 1.39 bits per heavy atom. The van der Waals surface area contributed by atoms with Crippen LogP contribution in [0, 0.1) is 5.92 Å². The molecule has 10 unspecified atom stereocenters. The summed E-state index contributed by atoms with van der Waals surface area (Å²) in [5.74, 6) is -12.1. The maximum absolute atomic E-state index is 14.4. The van der Waals surface area contributed by atoms with E-state index in [9.17, 15) is 73.2 Å². The van der Waals surface area contributed by atoms with Crippen molar-refractivity contribution in [1.82, 2.24) is 52.5 Å². The molecule has 0 spiro atoms. The summed E-state index contributed by atoms with van der Waals surface area (Å²) in [5, 5.41) is 60.2.